The highest BCUT2D eigenvalue weighted by molar-refractivity contribution is 7.98. The number of alkyl carbamates (subject to hydrolysis) is 1. The van der Waals surface area contributed by atoms with Crippen LogP contribution in [0.1, 0.15) is 84.0 Å². The number of benzene rings is 1. The van der Waals surface area contributed by atoms with Gasteiger partial charge in [-0.3, -0.25) is 14.4 Å². The molecule has 0 saturated heterocycles. The summed E-state index contributed by atoms with van der Waals surface area (Å²) in [6, 6.07) is 3.74. The molecule has 0 bridgehead atoms. The molecule has 1 aromatic rings. The normalized spacial score (nSPS) is 13.2. The SMILES string of the molecule is CCOC(=O)CCNC(=O)C(c1ccc(C)c(C)c1)N(C(=O)C(CCSC)NC(=O)OC(C)(C)C)C(C)(C)C. The average molecular weight is 566 g/mol. The van der Waals surface area contributed by atoms with Gasteiger partial charge in [-0.05, 0) is 97.4 Å². The van der Waals surface area contributed by atoms with E-state index in [1.807, 2.05) is 59.1 Å². The lowest BCUT2D eigenvalue weighted by atomic mass is 9.93. The van der Waals surface area contributed by atoms with E-state index in [4.69, 9.17) is 9.47 Å². The zero-order chi connectivity index (χ0) is 30.0. The summed E-state index contributed by atoms with van der Waals surface area (Å²) < 4.78 is 10.4. The van der Waals surface area contributed by atoms with Crippen molar-refractivity contribution >= 4 is 35.6 Å². The number of thioether (sulfide) groups is 1. The number of rotatable bonds is 12. The molecular formula is C29H47N3O6S. The summed E-state index contributed by atoms with van der Waals surface area (Å²) in [4.78, 5) is 54.0. The predicted molar refractivity (Wildman–Crippen MR) is 156 cm³/mol. The van der Waals surface area contributed by atoms with Gasteiger partial charge in [-0.1, -0.05) is 18.2 Å². The van der Waals surface area contributed by atoms with Crippen molar-refractivity contribution in [1.29, 1.82) is 0 Å². The maximum Gasteiger partial charge on any atom is 0.408 e. The van der Waals surface area contributed by atoms with Crippen LogP contribution in [0, 0.1) is 13.8 Å². The minimum atomic E-state index is -1.00. The standard InChI is InChI=1S/C29H47N3O6S/c1-11-37-23(33)14-16-30-25(34)24(21-13-12-19(2)20(3)18-21)32(28(4,5)6)26(35)22(15-17-39-10)31-27(36)38-29(7,8)9/h12-13,18,22,24H,11,14-17H2,1-10H3,(H,30,34)(H,31,36). The van der Waals surface area contributed by atoms with Gasteiger partial charge in [0.05, 0.1) is 13.0 Å². The third-order valence-corrected chi connectivity index (χ3v) is 6.49. The molecule has 39 heavy (non-hydrogen) atoms. The van der Waals surface area contributed by atoms with Gasteiger partial charge in [-0.15, -0.1) is 0 Å². The van der Waals surface area contributed by atoms with Gasteiger partial charge in [0.2, 0.25) is 11.8 Å². The number of carbonyl (C=O) groups is 4. The van der Waals surface area contributed by atoms with Crippen molar-refractivity contribution in [3.05, 3.63) is 34.9 Å². The molecule has 220 valence electrons. The van der Waals surface area contributed by atoms with Crippen molar-refractivity contribution in [1.82, 2.24) is 15.5 Å². The molecule has 0 heterocycles. The Hall–Kier alpha value is -2.75. The molecule has 10 heteroatoms. The third kappa shape index (κ3) is 11.5. The van der Waals surface area contributed by atoms with E-state index in [9.17, 15) is 19.2 Å². The lowest BCUT2D eigenvalue weighted by molar-refractivity contribution is -0.149. The number of amides is 3. The van der Waals surface area contributed by atoms with Gasteiger partial charge in [0, 0.05) is 12.1 Å². The molecule has 0 spiro atoms. The van der Waals surface area contributed by atoms with Gasteiger partial charge in [0.1, 0.15) is 17.7 Å². The van der Waals surface area contributed by atoms with Gasteiger partial charge in [0.15, 0.2) is 0 Å². The smallest absolute Gasteiger partial charge is 0.408 e. The fourth-order valence-corrected chi connectivity index (χ4v) is 4.40. The van der Waals surface area contributed by atoms with Crippen molar-refractivity contribution in [2.45, 2.75) is 98.4 Å². The highest BCUT2D eigenvalue weighted by Crippen LogP contribution is 2.31. The van der Waals surface area contributed by atoms with E-state index >= 15 is 0 Å². The van der Waals surface area contributed by atoms with Crippen molar-refractivity contribution in [2.24, 2.45) is 0 Å². The molecule has 1 aromatic carbocycles. The zero-order valence-electron chi connectivity index (χ0n) is 25.2. The van der Waals surface area contributed by atoms with E-state index in [1.165, 1.54) is 4.90 Å². The number of ether oxygens (including phenoxy) is 2. The van der Waals surface area contributed by atoms with Crippen LogP contribution in [0.3, 0.4) is 0 Å². The van der Waals surface area contributed by atoms with Crippen LogP contribution in [0.2, 0.25) is 0 Å². The summed E-state index contributed by atoms with van der Waals surface area (Å²) >= 11 is 1.55. The second-order valence-corrected chi connectivity index (χ2v) is 12.4. The molecule has 0 aromatic heterocycles. The molecule has 0 radical (unpaired) electrons. The molecule has 0 fully saturated rings. The fraction of sp³-hybridized carbons (Fsp3) is 0.655. The summed E-state index contributed by atoms with van der Waals surface area (Å²) in [6.07, 6.45) is 1.60. The van der Waals surface area contributed by atoms with Crippen molar-refractivity contribution in [2.75, 3.05) is 25.2 Å². The molecule has 0 aliphatic carbocycles. The van der Waals surface area contributed by atoms with Crippen LogP contribution >= 0.6 is 11.8 Å². The first-order valence-corrected chi connectivity index (χ1v) is 14.7. The second-order valence-electron chi connectivity index (χ2n) is 11.5. The van der Waals surface area contributed by atoms with Crippen LogP contribution in [0.25, 0.3) is 0 Å². The van der Waals surface area contributed by atoms with Crippen LogP contribution < -0.4 is 10.6 Å². The first-order chi connectivity index (χ1) is 18.0. The van der Waals surface area contributed by atoms with Crippen molar-refractivity contribution in [3.63, 3.8) is 0 Å². The highest BCUT2D eigenvalue weighted by atomic mass is 32.2. The molecule has 2 unspecified atom stereocenters. The maximum absolute atomic E-state index is 14.2. The minimum absolute atomic E-state index is 0.0131. The number of hydrogen-bond acceptors (Lipinski definition) is 7. The summed E-state index contributed by atoms with van der Waals surface area (Å²) in [5.41, 5.74) is 1.13. The van der Waals surface area contributed by atoms with Crippen LogP contribution in [0.5, 0.6) is 0 Å². The summed E-state index contributed by atoms with van der Waals surface area (Å²) in [7, 11) is 0. The summed E-state index contributed by atoms with van der Waals surface area (Å²) in [6.45, 7) is 16.8. The van der Waals surface area contributed by atoms with E-state index in [0.29, 0.717) is 17.7 Å². The van der Waals surface area contributed by atoms with Crippen molar-refractivity contribution < 1.29 is 28.7 Å². The first-order valence-electron chi connectivity index (χ1n) is 13.3. The molecule has 9 nitrogen and oxygen atoms in total. The number of carbonyl (C=O) groups excluding carboxylic acids is 4. The van der Waals surface area contributed by atoms with E-state index < -0.39 is 47.1 Å². The molecular weight excluding hydrogens is 518 g/mol. The Morgan fingerprint density at radius 1 is 1.03 bits per heavy atom. The predicted octanol–water partition coefficient (Wildman–Crippen LogP) is 4.69. The fourth-order valence-electron chi connectivity index (χ4n) is 3.93. The van der Waals surface area contributed by atoms with E-state index in [2.05, 4.69) is 10.6 Å². The van der Waals surface area contributed by atoms with E-state index in [0.717, 1.165) is 11.1 Å². The van der Waals surface area contributed by atoms with Crippen LogP contribution in [-0.2, 0) is 23.9 Å². The first kappa shape index (κ1) is 34.3. The molecule has 2 atom stereocenters. The van der Waals surface area contributed by atoms with Crippen LogP contribution in [-0.4, -0.2) is 71.1 Å². The third-order valence-electron chi connectivity index (χ3n) is 5.85. The largest absolute Gasteiger partial charge is 0.466 e. The quantitative estimate of drug-likeness (QED) is 0.354. The maximum atomic E-state index is 14.2. The van der Waals surface area contributed by atoms with Crippen LogP contribution in [0.4, 0.5) is 4.79 Å². The van der Waals surface area contributed by atoms with E-state index in [-0.39, 0.29) is 19.6 Å². The Morgan fingerprint density at radius 2 is 1.67 bits per heavy atom. The van der Waals surface area contributed by atoms with Gasteiger partial charge < -0.3 is 25.0 Å². The number of nitrogens with zero attached hydrogens (tertiary/aromatic N) is 1. The lowest BCUT2D eigenvalue weighted by Gasteiger charge is -2.43. The molecule has 2 N–H and O–H groups in total. The Balaban J connectivity index is 3.51. The number of nitrogens with one attached hydrogen (secondary N) is 2. The Kier molecular flexibility index (Phi) is 13.3. The highest BCUT2D eigenvalue weighted by Gasteiger charge is 2.41. The molecule has 1 rings (SSSR count). The Bertz CT molecular complexity index is 1000. The molecule has 0 aliphatic rings. The minimum Gasteiger partial charge on any atom is -0.466 e. The number of aryl methyl sites for hydroxylation is 2. The molecule has 3 amide bonds. The van der Waals surface area contributed by atoms with E-state index in [1.54, 1.807) is 39.5 Å². The Morgan fingerprint density at radius 3 is 2.18 bits per heavy atom. The molecule has 0 saturated carbocycles. The van der Waals surface area contributed by atoms with Gasteiger partial charge >= 0.3 is 12.1 Å². The topological polar surface area (TPSA) is 114 Å². The van der Waals surface area contributed by atoms with Crippen molar-refractivity contribution in [3.8, 4) is 0 Å². The van der Waals surface area contributed by atoms with Gasteiger partial charge in [-0.2, -0.15) is 11.8 Å². The van der Waals surface area contributed by atoms with Gasteiger partial charge in [0.25, 0.3) is 0 Å². The monoisotopic (exact) mass is 565 g/mol. The summed E-state index contributed by atoms with van der Waals surface area (Å²) in [5.74, 6) is -0.620. The Labute approximate surface area is 238 Å². The number of hydrogen-bond donors (Lipinski definition) is 2. The zero-order valence-corrected chi connectivity index (χ0v) is 26.0. The van der Waals surface area contributed by atoms with Crippen LogP contribution in [0.15, 0.2) is 18.2 Å². The number of esters is 1. The van der Waals surface area contributed by atoms with Gasteiger partial charge in [-0.25, -0.2) is 4.79 Å². The molecule has 0 aliphatic heterocycles. The second kappa shape index (κ2) is 15.1. The summed E-state index contributed by atoms with van der Waals surface area (Å²) in [5, 5.41) is 5.56. The average Bonchev–Trinajstić information content (AvgIpc) is 2.79. The lowest BCUT2D eigenvalue weighted by Crippen LogP contribution is -2.58.